The molecule has 1 aliphatic heterocycles. The van der Waals surface area contributed by atoms with Crippen LogP contribution in [0.2, 0.25) is 0 Å². The van der Waals surface area contributed by atoms with Crippen LogP contribution in [0.4, 0.5) is 0 Å². The van der Waals surface area contributed by atoms with Crippen LogP contribution < -0.4 is 5.73 Å². The van der Waals surface area contributed by atoms with Gasteiger partial charge in [-0.3, -0.25) is 9.69 Å². The van der Waals surface area contributed by atoms with E-state index in [-0.39, 0.29) is 5.91 Å². The van der Waals surface area contributed by atoms with Crippen LogP contribution in [0.25, 0.3) is 0 Å². The molecule has 0 saturated carbocycles. The molecule has 88 valence electrons. The van der Waals surface area contributed by atoms with Gasteiger partial charge in [0, 0.05) is 32.6 Å². The third-order valence-corrected chi connectivity index (χ3v) is 3.17. The lowest BCUT2D eigenvalue weighted by Crippen LogP contribution is -2.41. The van der Waals surface area contributed by atoms with Crippen molar-refractivity contribution in [2.75, 3.05) is 33.2 Å². The predicted octanol–water partition coefficient (Wildman–Crippen LogP) is 0.278. The lowest BCUT2D eigenvalue weighted by molar-refractivity contribution is -0.130. The Morgan fingerprint density at radius 2 is 2.33 bits per heavy atom. The van der Waals surface area contributed by atoms with E-state index in [4.69, 9.17) is 5.73 Å². The fraction of sp³-hybridized carbons (Fsp3) is 0.909. The molecule has 0 radical (unpaired) electrons. The number of nitrogens with two attached hydrogens (primary N) is 1. The van der Waals surface area contributed by atoms with Gasteiger partial charge < -0.3 is 10.6 Å². The van der Waals surface area contributed by atoms with Gasteiger partial charge in [0.2, 0.25) is 5.91 Å². The highest BCUT2D eigenvalue weighted by Gasteiger charge is 2.25. The van der Waals surface area contributed by atoms with Crippen molar-refractivity contribution in [3.05, 3.63) is 0 Å². The first-order chi connectivity index (χ1) is 7.19. The molecule has 0 aromatic heterocycles. The van der Waals surface area contributed by atoms with E-state index in [2.05, 4.69) is 11.8 Å². The molecule has 1 rings (SSSR count). The van der Waals surface area contributed by atoms with Crippen LogP contribution in [0.1, 0.15) is 26.2 Å². The van der Waals surface area contributed by atoms with Crippen molar-refractivity contribution < 1.29 is 4.79 Å². The highest BCUT2D eigenvalue weighted by molar-refractivity contribution is 5.76. The summed E-state index contributed by atoms with van der Waals surface area (Å²) in [6, 6.07) is 0.557. The van der Waals surface area contributed by atoms with E-state index in [0.29, 0.717) is 19.0 Å². The molecular formula is C11H23N3O. The predicted molar refractivity (Wildman–Crippen MR) is 61.6 cm³/mol. The fourth-order valence-corrected chi connectivity index (χ4v) is 2.25. The number of hydrogen-bond acceptors (Lipinski definition) is 3. The summed E-state index contributed by atoms with van der Waals surface area (Å²) in [5.41, 5.74) is 5.37. The van der Waals surface area contributed by atoms with Gasteiger partial charge in [0.15, 0.2) is 0 Å². The smallest absolute Gasteiger partial charge is 0.223 e. The Morgan fingerprint density at radius 3 is 2.93 bits per heavy atom. The fourth-order valence-electron chi connectivity index (χ4n) is 2.25. The lowest BCUT2D eigenvalue weighted by Gasteiger charge is -2.27. The number of hydrogen-bond donors (Lipinski definition) is 1. The molecule has 15 heavy (non-hydrogen) atoms. The maximum absolute atomic E-state index is 11.6. The molecule has 0 bridgehead atoms. The molecule has 1 saturated heterocycles. The first kappa shape index (κ1) is 12.5. The molecule has 2 N–H and O–H groups in total. The van der Waals surface area contributed by atoms with Gasteiger partial charge in [0.1, 0.15) is 0 Å². The summed E-state index contributed by atoms with van der Waals surface area (Å²) in [6.45, 7) is 5.75. The second-order valence-electron chi connectivity index (χ2n) is 4.24. The Kier molecular flexibility index (Phi) is 5.05. The molecule has 0 spiro atoms. The molecule has 0 aromatic carbocycles. The molecule has 1 heterocycles. The van der Waals surface area contributed by atoms with Crippen molar-refractivity contribution in [3.8, 4) is 0 Å². The van der Waals surface area contributed by atoms with Crippen LogP contribution >= 0.6 is 0 Å². The molecule has 1 amide bonds. The molecule has 0 aromatic rings. The molecular weight excluding hydrogens is 190 g/mol. The van der Waals surface area contributed by atoms with E-state index in [1.807, 2.05) is 11.9 Å². The van der Waals surface area contributed by atoms with Crippen LogP contribution in [0.3, 0.4) is 0 Å². The van der Waals surface area contributed by atoms with Crippen molar-refractivity contribution in [3.63, 3.8) is 0 Å². The van der Waals surface area contributed by atoms with E-state index in [9.17, 15) is 4.79 Å². The van der Waals surface area contributed by atoms with E-state index in [0.717, 1.165) is 13.1 Å². The van der Waals surface area contributed by atoms with Crippen molar-refractivity contribution in [1.29, 1.82) is 0 Å². The average Bonchev–Trinajstić information content (AvgIpc) is 2.65. The summed E-state index contributed by atoms with van der Waals surface area (Å²) in [7, 11) is 1.88. The number of carbonyl (C=O) groups excluding carboxylic acids is 1. The Hall–Kier alpha value is -0.610. The topological polar surface area (TPSA) is 49.6 Å². The number of amides is 1. The lowest BCUT2D eigenvalue weighted by atomic mass is 10.2. The number of likely N-dealkylation sites (N-methyl/N-ethyl adjacent to an activating group) is 2. The monoisotopic (exact) mass is 213 g/mol. The normalized spacial score (nSPS) is 21.9. The first-order valence-electron chi connectivity index (χ1n) is 5.87. The number of rotatable bonds is 5. The molecule has 1 fully saturated rings. The minimum atomic E-state index is 0.167. The zero-order valence-electron chi connectivity index (χ0n) is 9.91. The summed E-state index contributed by atoms with van der Waals surface area (Å²) >= 11 is 0. The third-order valence-electron chi connectivity index (χ3n) is 3.17. The zero-order chi connectivity index (χ0) is 11.3. The van der Waals surface area contributed by atoms with E-state index in [1.165, 1.54) is 19.4 Å². The number of carbonyl (C=O) groups is 1. The van der Waals surface area contributed by atoms with Gasteiger partial charge in [-0.05, 0) is 25.9 Å². The Balaban J connectivity index is 2.36. The second kappa shape index (κ2) is 6.08. The average molecular weight is 213 g/mol. The largest absolute Gasteiger partial charge is 0.344 e. The zero-order valence-corrected chi connectivity index (χ0v) is 9.91. The quantitative estimate of drug-likeness (QED) is 0.713. The SMILES string of the molecule is CCN1CCCC1CN(C)C(=O)CCN. The summed E-state index contributed by atoms with van der Waals surface area (Å²) in [4.78, 5) is 15.8. The molecule has 1 atom stereocenters. The van der Waals surface area contributed by atoms with Crippen LogP contribution in [0.5, 0.6) is 0 Å². The van der Waals surface area contributed by atoms with Crippen LogP contribution in [0, 0.1) is 0 Å². The van der Waals surface area contributed by atoms with Gasteiger partial charge >= 0.3 is 0 Å². The Morgan fingerprint density at radius 1 is 1.60 bits per heavy atom. The van der Waals surface area contributed by atoms with E-state index in [1.54, 1.807) is 0 Å². The van der Waals surface area contributed by atoms with Crippen LogP contribution in [0.15, 0.2) is 0 Å². The third kappa shape index (κ3) is 3.47. The van der Waals surface area contributed by atoms with Crippen molar-refractivity contribution in [2.24, 2.45) is 5.73 Å². The minimum absolute atomic E-state index is 0.167. The van der Waals surface area contributed by atoms with Crippen molar-refractivity contribution in [1.82, 2.24) is 9.80 Å². The summed E-state index contributed by atoms with van der Waals surface area (Å²) in [5, 5.41) is 0. The summed E-state index contributed by atoms with van der Waals surface area (Å²) in [5.74, 6) is 0.167. The highest BCUT2D eigenvalue weighted by Crippen LogP contribution is 2.17. The Labute approximate surface area is 92.4 Å². The second-order valence-corrected chi connectivity index (χ2v) is 4.24. The maximum Gasteiger partial charge on any atom is 0.223 e. The van der Waals surface area contributed by atoms with Crippen molar-refractivity contribution >= 4 is 5.91 Å². The van der Waals surface area contributed by atoms with Gasteiger partial charge in [0.25, 0.3) is 0 Å². The molecule has 1 aliphatic rings. The van der Waals surface area contributed by atoms with Gasteiger partial charge in [0.05, 0.1) is 0 Å². The maximum atomic E-state index is 11.6. The number of likely N-dealkylation sites (tertiary alicyclic amines) is 1. The standard InChI is InChI=1S/C11H23N3O/c1-3-14-8-4-5-10(14)9-13(2)11(15)6-7-12/h10H,3-9,12H2,1-2H3. The molecule has 4 heteroatoms. The highest BCUT2D eigenvalue weighted by atomic mass is 16.2. The van der Waals surface area contributed by atoms with E-state index >= 15 is 0 Å². The van der Waals surface area contributed by atoms with Crippen LogP contribution in [-0.2, 0) is 4.79 Å². The van der Waals surface area contributed by atoms with Crippen molar-refractivity contribution in [2.45, 2.75) is 32.2 Å². The van der Waals surface area contributed by atoms with E-state index < -0.39 is 0 Å². The first-order valence-corrected chi connectivity index (χ1v) is 5.87. The molecule has 4 nitrogen and oxygen atoms in total. The molecule has 0 aliphatic carbocycles. The van der Waals surface area contributed by atoms with Crippen LogP contribution in [-0.4, -0.2) is 55.0 Å². The summed E-state index contributed by atoms with van der Waals surface area (Å²) < 4.78 is 0. The minimum Gasteiger partial charge on any atom is -0.344 e. The summed E-state index contributed by atoms with van der Waals surface area (Å²) in [6.07, 6.45) is 2.95. The van der Waals surface area contributed by atoms with Gasteiger partial charge in [-0.1, -0.05) is 6.92 Å². The Bertz CT molecular complexity index is 208. The molecule has 1 unspecified atom stereocenters. The van der Waals surface area contributed by atoms with Gasteiger partial charge in [-0.25, -0.2) is 0 Å². The van der Waals surface area contributed by atoms with Gasteiger partial charge in [-0.15, -0.1) is 0 Å². The van der Waals surface area contributed by atoms with Gasteiger partial charge in [-0.2, -0.15) is 0 Å². The number of nitrogens with zero attached hydrogens (tertiary/aromatic N) is 2.